The van der Waals surface area contributed by atoms with E-state index in [0.717, 1.165) is 36.0 Å². The van der Waals surface area contributed by atoms with Gasteiger partial charge in [-0.3, -0.25) is 0 Å². The van der Waals surface area contributed by atoms with Gasteiger partial charge in [-0.25, -0.2) is 0 Å². The third kappa shape index (κ3) is 3.75. The Bertz CT molecular complexity index is 712. The first-order valence-electron chi connectivity index (χ1n) is 8.89. The normalized spacial score (nSPS) is 12.1. The monoisotopic (exact) mass is 323 g/mol. The van der Waals surface area contributed by atoms with E-state index in [1.54, 1.807) is 0 Å². The Morgan fingerprint density at radius 3 is 2.46 bits per heavy atom. The van der Waals surface area contributed by atoms with E-state index in [4.69, 9.17) is 4.74 Å². The molecule has 1 heterocycles. The van der Waals surface area contributed by atoms with Crippen LogP contribution in [0.25, 0.3) is 0 Å². The molecule has 0 bridgehead atoms. The summed E-state index contributed by atoms with van der Waals surface area (Å²) in [5.41, 5.74) is 2.72. The molecule has 0 N–H and O–H groups in total. The van der Waals surface area contributed by atoms with E-state index in [2.05, 4.69) is 41.1 Å². The zero-order valence-electron chi connectivity index (χ0n) is 14.5. The van der Waals surface area contributed by atoms with Gasteiger partial charge in [-0.1, -0.05) is 38.3 Å². The first-order valence-corrected chi connectivity index (χ1v) is 8.89. The van der Waals surface area contributed by atoms with E-state index in [0.29, 0.717) is 0 Å². The minimum absolute atomic E-state index is 0.753. The van der Waals surface area contributed by atoms with E-state index in [9.17, 15) is 0 Å². The second-order valence-electron chi connectivity index (χ2n) is 6.06. The van der Waals surface area contributed by atoms with Crippen LogP contribution in [0, 0.1) is 0 Å². The Morgan fingerprint density at radius 2 is 1.67 bits per heavy atom. The van der Waals surface area contributed by atoms with Crippen molar-refractivity contribution in [3.8, 4) is 11.5 Å². The lowest BCUT2D eigenvalue weighted by Gasteiger charge is -2.24. The third-order valence-corrected chi connectivity index (χ3v) is 4.32. The molecule has 2 aromatic rings. The Labute approximate surface area is 144 Å². The largest absolute Gasteiger partial charge is 0.453 e. The molecule has 4 nitrogen and oxygen atoms in total. The van der Waals surface area contributed by atoms with E-state index in [1.807, 2.05) is 30.3 Å². The summed E-state index contributed by atoms with van der Waals surface area (Å²) in [6.45, 7) is 6.51. The summed E-state index contributed by atoms with van der Waals surface area (Å²) in [5, 5.41) is 8.60. The molecule has 4 heteroatoms. The fourth-order valence-corrected chi connectivity index (χ4v) is 2.92. The molecule has 0 fully saturated rings. The Balaban J connectivity index is 1.79. The minimum Gasteiger partial charge on any atom is -0.453 e. The summed E-state index contributed by atoms with van der Waals surface area (Å²) in [7, 11) is 0. The molecule has 0 aromatic heterocycles. The predicted molar refractivity (Wildman–Crippen MR) is 99.2 cm³/mol. The molecular weight excluding hydrogens is 298 g/mol. The van der Waals surface area contributed by atoms with Crippen molar-refractivity contribution in [3.63, 3.8) is 0 Å². The molecule has 2 aromatic carbocycles. The van der Waals surface area contributed by atoms with Gasteiger partial charge in [-0.2, -0.15) is 0 Å². The molecule has 0 spiro atoms. The lowest BCUT2D eigenvalue weighted by atomic mass is 10.2. The molecule has 1 aliphatic heterocycles. The van der Waals surface area contributed by atoms with Crippen LogP contribution in [-0.4, -0.2) is 13.1 Å². The number of rotatable bonds is 7. The second-order valence-corrected chi connectivity index (χ2v) is 6.06. The zero-order valence-corrected chi connectivity index (χ0v) is 14.5. The first kappa shape index (κ1) is 16.5. The van der Waals surface area contributed by atoms with Crippen LogP contribution in [0.5, 0.6) is 11.5 Å². The number of hydrogen-bond acceptors (Lipinski definition) is 4. The SMILES string of the molecule is CCCCCCN(CC)c1ccc2c(c1)Oc1ccccc1N=N2. The van der Waals surface area contributed by atoms with Crippen LogP contribution in [0.4, 0.5) is 17.1 Å². The molecule has 0 amide bonds. The smallest absolute Gasteiger partial charge is 0.157 e. The highest BCUT2D eigenvalue weighted by Crippen LogP contribution is 2.42. The quantitative estimate of drug-likeness (QED) is 0.458. The summed E-state index contributed by atoms with van der Waals surface area (Å²) in [5.74, 6) is 1.52. The number of ether oxygens (including phenoxy) is 1. The molecule has 0 saturated heterocycles. The summed E-state index contributed by atoms with van der Waals surface area (Å²) < 4.78 is 6.07. The van der Waals surface area contributed by atoms with Gasteiger partial charge in [0, 0.05) is 24.8 Å². The number of azo groups is 1. The van der Waals surface area contributed by atoms with Gasteiger partial charge in [-0.15, -0.1) is 10.2 Å². The van der Waals surface area contributed by atoms with E-state index >= 15 is 0 Å². The fraction of sp³-hybridized carbons (Fsp3) is 0.400. The maximum Gasteiger partial charge on any atom is 0.157 e. The molecule has 3 rings (SSSR count). The van der Waals surface area contributed by atoms with Crippen LogP contribution >= 0.6 is 0 Å². The predicted octanol–water partition coefficient (Wildman–Crippen LogP) is 6.61. The van der Waals surface area contributed by atoms with Gasteiger partial charge in [0.25, 0.3) is 0 Å². The highest BCUT2D eigenvalue weighted by Gasteiger charge is 2.14. The fourth-order valence-electron chi connectivity index (χ4n) is 2.92. The minimum atomic E-state index is 0.753. The molecule has 24 heavy (non-hydrogen) atoms. The number of anilines is 1. The van der Waals surface area contributed by atoms with Crippen molar-refractivity contribution < 1.29 is 4.74 Å². The van der Waals surface area contributed by atoms with Gasteiger partial charge >= 0.3 is 0 Å². The molecule has 0 saturated carbocycles. The molecule has 0 radical (unpaired) electrons. The van der Waals surface area contributed by atoms with Gasteiger partial charge in [0.05, 0.1) is 0 Å². The lowest BCUT2D eigenvalue weighted by Crippen LogP contribution is -2.23. The number of benzene rings is 2. The van der Waals surface area contributed by atoms with Gasteiger partial charge < -0.3 is 9.64 Å². The lowest BCUT2D eigenvalue weighted by molar-refractivity contribution is 0.488. The van der Waals surface area contributed by atoms with Crippen LogP contribution < -0.4 is 9.64 Å². The molecular formula is C20H25N3O. The Hall–Kier alpha value is -2.36. The van der Waals surface area contributed by atoms with Crippen LogP contribution in [0.2, 0.25) is 0 Å². The first-order chi connectivity index (χ1) is 11.8. The number of fused-ring (bicyclic) bond motifs is 2. The van der Waals surface area contributed by atoms with Crippen molar-refractivity contribution in [2.75, 3.05) is 18.0 Å². The van der Waals surface area contributed by atoms with Crippen molar-refractivity contribution in [1.82, 2.24) is 0 Å². The summed E-state index contributed by atoms with van der Waals surface area (Å²) in [6, 6.07) is 13.9. The number of nitrogens with zero attached hydrogens (tertiary/aromatic N) is 3. The average Bonchev–Trinajstić information content (AvgIpc) is 2.80. The molecule has 1 aliphatic rings. The van der Waals surface area contributed by atoms with Crippen molar-refractivity contribution in [1.29, 1.82) is 0 Å². The third-order valence-electron chi connectivity index (χ3n) is 4.32. The van der Waals surface area contributed by atoms with Crippen molar-refractivity contribution in [2.24, 2.45) is 10.2 Å². The second kappa shape index (κ2) is 7.95. The highest BCUT2D eigenvalue weighted by atomic mass is 16.5. The molecule has 0 atom stereocenters. The van der Waals surface area contributed by atoms with Gasteiger partial charge in [0.1, 0.15) is 11.4 Å². The van der Waals surface area contributed by atoms with Crippen LogP contribution in [-0.2, 0) is 0 Å². The highest BCUT2D eigenvalue weighted by molar-refractivity contribution is 5.65. The maximum atomic E-state index is 6.07. The molecule has 126 valence electrons. The van der Waals surface area contributed by atoms with E-state index in [1.165, 1.54) is 31.4 Å². The molecule has 0 unspecified atom stereocenters. The Morgan fingerprint density at radius 1 is 0.875 bits per heavy atom. The standard InChI is InChI=1S/C20H25N3O/c1-3-5-6-9-14-23(4-2)16-12-13-18-20(15-16)24-19-11-8-7-10-17(19)21-22-18/h7-8,10-13,15H,3-6,9,14H2,1-2H3. The van der Waals surface area contributed by atoms with Gasteiger partial charge in [-0.05, 0) is 37.6 Å². The van der Waals surface area contributed by atoms with Crippen molar-refractivity contribution >= 4 is 17.1 Å². The topological polar surface area (TPSA) is 37.2 Å². The zero-order chi connectivity index (χ0) is 16.8. The summed E-state index contributed by atoms with van der Waals surface area (Å²) in [4.78, 5) is 2.40. The number of unbranched alkanes of at least 4 members (excludes halogenated alkanes) is 3. The molecule has 0 aliphatic carbocycles. The summed E-state index contributed by atoms with van der Waals surface area (Å²) in [6.07, 6.45) is 5.09. The van der Waals surface area contributed by atoms with E-state index < -0.39 is 0 Å². The number of hydrogen-bond donors (Lipinski definition) is 0. The van der Waals surface area contributed by atoms with Gasteiger partial charge in [0.2, 0.25) is 0 Å². The average molecular weight is 323 g/mol. The van der Waals surface area contributed by atoms with Crippen LogP contribution in [0.15, 0.2) is 52.7 Å². The Kier molecular flexibility index (Phi) is 5.47. The number of para-hydroxylation sites is 1. The van der Waals surface area contributed by atoms with E-state index in [-0.39, 0.29) is 0 Å². The van der Waals surface area contributed by atoms with Gasteiger partial charge in [0.15, 0.2) is 11.5 Å². The van der Waals surface area contributed by atoms with Crippen molar-refractivity contribution in [2.45, 2.75) is 39.5 Å². The van der Waals surface area contributed by atoms with Crippen LogP contribution in [0.1, 0.15) is 39.5 Å². The maximum absolute atomic E-state index is 6.07. The summed E-state index contributed by atoms with van der Waals surface area (Å²) >= 11 is 0. The van der Waals surface area contributed by atoms with Crippen LogP contribution in [0.3, 0.4) is 0 Å². The van der Waals surface area contributed by atoms with Crippen molar-refractivity contribution in [3.05, 3.63) is 42.5 Å².